The third-order valence-electron chi connectivity index (χ3n) is 5.57. The molecule has 7 heteroatoms. The molecule has 0 radical (unpaired) electrons. The van der Waals surface area contributed by atoms with Crippen LogP contribution in [0.25, 0.3) is 6.08 Å². The number of rotatable bonds is 10. The maximum Gasteiger partial charge on any atom is 0.329 e. The zero-order chi connectivity index (χ0) is 25.5. The maximum atomic E-state index is 13.0. The molecule has 0 atom stereocenters. The lowest BCUT2D eigenvalue weighted by atomic mass is 10.0. The smallest absolute Gasteiger partial charge is 0.329 e. The van der Waals surface area contributed by atoms with Gasteiger partial charge in [-0.25, -0.2) is 4.79 Å². The number of nitrogens with zero attached hydrogens (tertiary/aromatic N) is 1. The van der Waals surface area contributed by atoms with E-state index in [1.165, 1.54) is 4.90 Å². The molecular weight excluding hydrogens is 567 g/mol. The van der Waals surface area contributed by atoms with E-state index in [-0.39, 0.29) is 18.1 Å². The van der Waals surface area contributed by atoms with Gasteiger partial charge in [-0.05, 0) is 83.0 Å². The summed E-state index contributed by atoms with van der Waals surface area (Å²) in [5.41, 5.74) is 3.75. The molecule has 36 heavy (non-hydrogen) atoms. The predicted octanol–water partition coefficient (Wildman–Crippen LogP) is 6.09. The van der Waals surface area contributed by atoms with Gasteiger partial charge in [-0.3, -0.25) is 9.69 Å². The minimum absolute atomic E-state index is 0.208. The van der Waals surface area contributed by atoms with Crippen molar-refractivity contribution in [3.05, 3.63) is 111 Å². The second kappa shape index (κ2) is 11.9. The molecule has 1 aliphatic heterocycles. The zero-order valence-electron chi connectivity index (χ0n) is 20.0. The molecule has 1 saturated heterocycles. The van der Waals surface area contributed by atoms with Gasteiger partial charge in [-0.1, -0.05) is 48.5 Å². The van der Waals surface area contributed by atoms with Crippen LogP contribution in [0.2, 0.25) is 0 Å². The van der Waals surface area contributed by atoms with Gasteiger partial charge in [0.05, 0.1) is 13.2 Å². The van der Waals surface area contributed by atoms with E-state index < -0.39 is 6.03 Å². The second-order valence-electron chi connectivity index (χ2n) is 8.21. The van der Waals surface area contributed by atoms with Gasteiger partial charge in [0.1, 0.15) is 12.3 Å². The lowest BCUT2D eigenvalue weighted by Gasteiger charge is -2.17. The fraction of sp³-hybridized carbons (Fsp3) is 0.172. The number of amides is 3. The van der Waals surface area contributed by atoms with Gasteiger partial charge >= 0.3 is 6.03 Å². The minimum Gasteiger partial charge on any atom is -0.490 e. The third kappa shape index (κ3) is 6.15. The summed E-state index contributed by atoms with van der Waals surface area (Å²) in [6.45, 7) is 6.84. The van der Waals surface area contributed by atoms with Crippen molar-refractivity contribution in [2.24, 2.45) is 0 Å². The number of carbonyl (C=O) groups excluding carboxylic acids is 2. The largest absolute Gasteiger partial charge is 0.490 e. The highest BCUT2D eigenvalue weighted by Crippen LogP contribution is 2.35. The molecule has 0 bridgehead atoms. The Morgan fingerprint density at radius 2 is 1.75 bits per heavy atom. The number of imide groups is 1. The van der Waals surface area contributed by atoms with Gasteiger partial charge in [-0.15, -0.1) is 6.58 Å². The van der Waals surface area contributed by atoms with Crippen molar-refractivity contribution < 1.29 is 19.1 Å². The number of allylic oxidation sites excluding steroid dienone is 1. The molecule has 4 rings (SSSR count). The van der Waals surface area contributed by atoms with E-state index in [2.05, 4.69) is 34.5 Å². The molecule has 0 aliphatic carbocycles. The molecule has 0 spiro atoms. The Balaban J connectivity index is 1.61. The average Bonchev–Trinajstić information content (AvgIpc) is 3.13. The van der Waals surface area contributed by atoms with Crippen LogP contribution >= 0.6 is 22.6 Å². The van der Waals surface area contributed by atoms with Crippen LogP contribution in [0.3, 0.4) is 0 Å². The third-order valence-corrected chi connectivity index (χ3v) is 6.29. The Morgan fingerprint density at radius 1 is 1.00 bits per heavy atom. The van der Waals surface area contributed by atoms with Gasteiger partial charge in [0.2, 0.25) is 0 Å². The number of hydrogen-bond acceptors (Lipinski definition) is 4. The highest BCUT2D eigenvalue weighted by Gasteiger charge is 2.33. The summed E-state index contributed by atoms with van der Waals surface area (Å²) in [6.07, 6.45) is 4.02. The van der Waals surface area contributed by atoms with Crippen molar-refractivity contribution in [1.29, 1.82) is 0 Å². The van der Waals surface area contributed by atoms with E-state index in [9.17, 15) is 9.59 Å². The number of hydrogen-bond donors (Lipinski definition) is 1. The molecule has 184 valence electrons. The Hall–Kier alpha value is -3.59. The van der Waals surface area contributed by atoms with Crippen molar-refractivity contribution in [2.45, 2.75) is 26.5 Å². The van der Waals surface area contributed by atoms with E-state index in [1.54, 1.807) is 12.2 Å². The van der Waals surface area contributed by atoms with Crippen LogP contribution in [-0.2, 0) is 24.4 Å². The Labute approximate surface area is 224 Å². The molecule has 0 unspecified atom stereocenters. The van der Waals surface area contributed by atoms with E-state index in [0.717, 1.165) is 25.8 Å². The number of ether oxygens (including phenoxy) is 2. The van der Waals surface area contributed by atoms with Gasteiger partial charge < -0.3 is 14.8 Å². The fourth-order valence-electron chi connectivity index (χ4n) is 3.88. The van der Waals surface area contributed by atoms with E-state index in [0.29, 0.717) is 31.1 Å². The highest BCUT2D eigenvalue weighted by molar-refractivity contribution is 14.1. The maximum absolute atomic E-state index is 13.0. The standard InChI is InChI=1S/C29H27IN2O4/c1-3-8-23-15-22(16-25-28(33)32(29(34)31-25)18-20-9-6-5-7-10-20)17-26(35-4-2)27(23)36-19-21-11-13-24(30)14-12-21/h3,5-7,9-17H,1,4,8,18-19H2,2H3,(H,31,34)/b25-16+. The average molecular weight is 594 g/mol. The van der Waals surface area contributed by atoms with Gasteiger partial charge in [-0.2, -0.15) is 0 Å². The zero-order valence-corrected chi connectivity index (χ0v) is 22.2. The molecule has 0 aromatic heterocycles. The van der Waals surface area contributed by atoms with Gasteiger partial charge in [0.15, 0.2) is 11.5 Å². The lowest BCUT2D eigenvalue weighted by Crippen LogP contribution is -2.30. The van der Waals surface area contributed by atoms with E-state index >= 15 is 0 Å². The lowest BCUT2D eigenvalue weighted by molar-refractivity contribution is -0.123. The summed E-state index contributed by atoms with van der Waals surface area (Å²) in [5, 5.41) is 2.70. The SMILES string of the molecule is C=CCc1cc(/C=C2/NC(=O)N(Cc3ccccc3)C2=O)cc(OCC)c1OCc1ccc(I)cc1. The topological polar surface area (TPSA) is 67.9 Å². The number of halogens is 1. The van der Waals surface area contributed by atoms with Crippen molar-refractivity contribution in [3.63, 3.8) is 0 Å². The summed E-state index contributed by atoms with van der Waals surface area (Å²) in [4.78, 5) is 26.7. The van der Waals surface area contributed by atoms with Crippen molar-refractivity contribution in [3.8, 4) is 11.5 Å². The second-order valence-corrected chi connectivity index (χ2v) is 9.46. The van der Waals surface area contributed by atoms with Crippen molar-refractivity contribution in [2.75, 3.05) is 6.61 Å². The Morgan fingerprint density at radius 3 is 2.44 bits per heavy atom. The van der Waals surface area contributed by atoms with Gasteiger partial charge in [0, 0.05) is 9.13 Å². The Kier molecular flexibility index (Phi) is 8.43. The molecule has 1 N–H and O–H groups in total. The summed E-state index contributed by atoms with van der Waals surface area (Å²) in [5.74, 6) is 0.850. The first kappa shape index (κ1) is 25.5. The minimum atomic E-state index is -0.441. The van der Waals surface area contributed by atoms with Crippen LogP contribution in [-0.4, -0.2) is 23.4 Å². The van der Waals surface area contributed by atoms with Crippen LogP contribution in [0.1, 0.15) is 29.2 Å². The molecule has 3 aromatic carbocycles. The van der Waals surface area contributed by atoms with E-state index in [4.69, 9.17) is 9.47 Å². The molecule has 3 aromatic rings. The van der Waals surface area contributed by atoms with Crippen LogP contribution in [0.15, 0.2) is 85.1 Å². The summed E-state index contributed by atoms with van der Waals surface area (Å²) < 4.78 is 13.3. The highest BCUT2D eigenvalue weighted by atomic mass is 127. The molecule has 3 amide bonds. The first-order valence-electron chi connectivity index (χ1n) is 11.6. The molecule has 0 saturated carbocycles. The van der Waals surface area contributed by atoms with Crippen molar-refractivity contribution >= 4 is 40.6 Å². The Bertz CT molecular complexity index is 1290. The normalized spacial score (nSPS) is 14.2. The summed E-state index contributed by atoms with van der Waals surface area (Å²) in [6, 6.07) is 20.9. The first-order valence-corrected chi connectivity index (χ1v) is 12.7. The molecule has 1 aliphatic rings. The first-order chi connectivity index (χ1) is 17.5. The van der Waals surface area contributed by atoms with Crippen LogP contribution in [0.4, 0.5) is 4.79 Å². The monoisotopic (exact) mass is 594 g/mol. The molecule has 1 fully saturated rings. The number of nitrogens with one attached hydrogen (secondary N) is 1. The number of carbonyl (C=O) groups is 2. The molecular formula is C29H27IN2O4. The van der Waals surface area contributed by atoms with E-state index in [1.807, 2.05) is 73.7 Å². The van der Waals surface area contributed by atoms with Crippen LogP contribution < -0.4 is 14.8 Å². The van der Waals surface area contributed by atoms with Crippen molar-refractivity contribution in [1.82, 2.24) is 10.2 Å². The fourth-order valence-corrected chi connectivity index (χ4v) is 4.24. The van der Waals surface area contributed by atoms with Crippen LogP contribution in [0.5, 0.6) is 11.5 Å². The quantitative estimate of drug-likeness (QED) is 0.134. The van der Waals surface area contributed by atoms with Gasteiger partial charge in [0.25, 0.3) is 5.91 Å². The summed E-state index contributed by atoms with van der Waals surface area (Å²) >= 11 is 2.27. The molecule has 1 heterocycles. The number of urea groups is 1. The molecule has 6 nitrogen and oxygen atoms in total. The predicted molar refractivity (Wildman–Crippen MR) is 149 cm³/mol. The summed E-state index contributed by atoms with van der Waals surface area (Å²) in [7, 11) is 0. The number of benzene rings is 3. The van der Waals surface area contributed by atoms with Crippen LogP contribution in [0, 0.1) is 3.57 Å².